The number of methoxy groups -OCH3 is 3. The number of aryl methyl sites for hydroxylation is 1. The summed E-state index contributed by atoms with van der Waals surface area (Å²) in [7, 11) is 6.14. The molecule has 9 heteroatoms. The van der Waals surface area contributed by atoms with Crippen LogP contribution >= 0.6 is 0 Å². The van der Waals surface area contributed by atoms with Crippen LogP contribution in [0.2, 0.25) is 0 Å². The van der Waals surface area contributed by atoms with Crippen molar-refractivity contribution in [1.82, 2.24) is 24.4 Å². The van der Waals surface area contributed by atoms with Gasteiger partial charge in [-0.15, -0.1) is 0 Å². The van der Waals surface area contributed by atoms with Gasteiger partial charge in [-0.2, -0.15) is 10.2 Å². The maximum Gasteiger partial charge on any atom is 0.345 e. The largest absolute Gasteiger partial charge is 0.496 e. The summed E-state index contributed by atoms with van der Waals surface area (Å²) in [5, 5.41) is 8.72. The number of rotatable bonds is 5. The Balaban J connectivity index is 1.83. The van der Waals surface area contributed by atoms with Crippen molar-refractivity contribution in [3.8, 4) is 33.9 Å². The first kappa shape index (κ1) is 18.5. The Labute approximate surface area is 166 Å². The molecule has 0 bridgehead atoms. The summed E-state index contributed by atoms with van der Waals surface area (Å²) in [6.07, 6.45) is 7.16. The zero-order valence-corrected chi connectivity index (χ0v) is 16.4. The summed E-state index contributed by atoms with van der Waals surface area (Å²) in [5.41, 5.74) is 4.24. The van der Waals surface area contributed by atoms with E-state index in [9.17, 15) is 4.79 Å². The predicted octanol–water partition coefficient (Wildman–Crippen LogP) is 2.60. The number of imidazole rings is 1. The number of benzene rings is 1. The minimum Gasteiger partial charge on any atom is -0.496 e. The smallest absolute Gasteiger partial charge is 0.345 e. The first-order valence-corrected chi connectivity index (χ1v) is 8.73. The summed E-state index contributed by atoms with van der Waals surface area (Å²) in [4.78, 5) is 16.6. The quantitative estimate of drug-likeness (QED) is 0.481. The van der Waals surface area contributed by atoms with Crippen molar-refractivity contribution >= 4 is 11.6 Å². The van der Waals surface area contributed by atoms with E-state index in [0.29, 0.717) is 17.1 Å². The fourth-order valence-corrected chi connectivity index (χ4v) is 3.16. The highest BCUT2D eigenvalue weighted by atomic mass is 16.5. The van der Waals surface area contributed by atoms with Gasteiger partial charge < -0.3 is 14.2 Å². The molecule has 0 atom stereocenters. The lowest BCUT2D eigenvalue weighted by Gasteiger charge is -2.13. The van der Waals surface area contributed by atoms with E-state index < -0.39 is 5.97 Å². The molecule has 1 aromatic carbocycles. The molecule has 4 rings (SSSR count). The molecule has 148 valence electrons. The van der Waals surface area contributed by atoms with Crippen LogP contribution in [0, 0.1) is 0 Å². The van der Waals surface area contributed by atoms with Crippen LogP contribution in [0.3, 0.4) is 0 Å². The molecule has 0 amide bonds. The lowest BCUT2D eigenvalue weighted by atomic mass is 10.1. The van der Waals surface area contributed by atoms with Crippen LogP contribution in [0.15, 0.2) is 43.0 Å². The van der Waals surface area contributed by atoms with Crippen molar-refractivity contribution in [2.45, 2.75) is 0 Å². The predicted molar refractivity (Wildman–Crippen MR) is 105 cm³/mol. The molecule has 0 saturated heterocycles. The molecule has 0 N–H and O–H groups in total. The molecule has 0 unspecified atom stereocenters. The Morgan fingerprint density at radius 1 is 0.897 bits per heavy atom. The van der Waals surface area contributed by atoms with Crippen LogP contribution in [-0.4, -0.2) is 51.7 Å². The fourth-order valence-electron chi connectivity index (χ4n) is 3.16. The van der Waals surface area contributed by atoms with E-state index in [4.69, 9.17) is 14.2 Å². The number of nitrogens with zero attached hydrogens (tertiary/aromatic N) is 5. The molecule has 29 heavy (non-hydrogen) atoms. The Kier molecular flexibility index (Phi) is 4.63. The van der Waals surface area contributed by atoms with Crippen LogP contribution < -0.4 is 9.47 Å². The third-order valence-electron chi connectivity index (χ3n) is 4.59. The van der Waals surface area contributed by atoms with Crippen molar-refractivity contribution in [3.05, 3.63) is 48.5 Å². The average molecular weight is 393 g/mol. The van der Waals surface area contributed by atoms with Crippen molar-refractivity contribution in [2.75, 3.05) is 21.3 Å². The summed E-state index contributed by atoms with van der Waals surface area (Å²) in [5.74, 6) is 0.142. The molecule has 0 fully saturated rings. The Morgan fingerprint density at radius 2 is 1.59 bits per heavy atom. The van der Waals surface area contributed by atoms with E-state index in [1.165, 1.54) is 21.3 Å². The molecule has 0 aliphatic rings. The Hall–Kier alpha value is -3.88. The monoisotopic (exact) mass is 393 g/mol. The SMILES string of the molecule is COC(=O)c1c(OC)cc(-c2cnc3cc(-c4cnn(C)c4)cnn23)cc1OC. The lowest BCUT2D eigenvalue weighted by molar-refractivity contribution is 0.0593. The second kappa shape index (κ2) is 7.27. The molecule has 9 nitrogen and oxygen atoms in total. The number of hydrogen-bond acceptors (Lipinski definition) is 7. The van der Waals surface area contributed by atoms with Crippen molar-refractivity contribution in [3.63, 3.8) is 0 Å². The van der Waals surface area contributed by atoms with Gasteiger partial charge in [-0.25, -0.2) is 14.3 Å². The number of ether oxygens (including phenoxy) is 3. The van der Waals surface area contributed by atoms with Crippen LogP contribution in [0.4, 0.5) is 0 Å². The highest BCUT2D eigenvalue weighted by molar-refractivity contribution is 5.96. The Bertz CT molecular complexity index is 1190. The van der Waals surface area contributed by atoms with E-state index in [1.807, 2.05) is 19.3 Å². The van der Waals surface area contributed by atoms with E-state index in [-0.39, 0.29) is 5.56 Å². The zero-order valence-electron chi connectivity index (χ0n) is 16.4. The van der Waals surface area contributed by atoms with Gasteiger partial charge in [-0.1, -0.05) is 0 Å². The zero-order chi connectivity index (χ0) is 20.5. The molecular weight excluding hydrogens is 374 g/mol. The van der Waals surface area contributed by atoms with Gasteiger partial charge in [0.1, 0.15) is 17.1 Å². The lowest BCUT2D eigenvalue weighted by Crippen LogP contribution is -2.07. The first-order chi connectivity index (χ1) is 14.0. The summed E-state index contributed by atoms with van der Waals surface area (Å²) in [6, 6.07) is 5.40. The minimum atomic E-state index is -0.539. The minimum absolute atomic E-state index is 0.224. The standard InChI is InChI=1S/C20H19N5O4/c1-24-11-14(9-22-24)13-7-18-21-10-15(25(18)23-8-13)12-5-16(27-2)19(20(26)29-4)17(6-12)28-3/h5-11H,1-4H3. The van der Waals surface area contributed by atoms with Crippen LogP contribution in [0.1, 0.15) is 10.4 Å². The second-order valence-electron chi connectivity index (χ2n) is 6.31. The highest BCUT2D eigenvalue weighted by Gasteiger charge is 2.22. The molecule has 0 saturated carbocycles. The van der Waals surface area contributed by atoms with Gasteiger partial charge in [0.2, 0.25) is 0 Å². The maximum absolute atomic E-state index is 12.1. The van der Waals surface area contributed by atoms with Crippen molar-refractivity contribution in [2.24, 2.45) is 7.05 Å². The molecule has 0 radical (unpaired) electrons. The number of hydrogen-bond donors (Lipinski definition) is 0. The van der Waals surface area contributed by atoms with E-state index >= 15 is 0 Å². The van der Waals surface area contributed by atoms with E-state index in [2.05, 4.69) is 15.2 Å². The Morgan fingerprint density at radius 3 is 2.17 bits per heavy atom. The maximum atomic E-state index is 12.1. The number of aromatic nitrogens is 5. The average Bonchev–Trinajstić information content (AvgIpc) is 3.37. The van der Waals surface area contributed by atoms with Crippen LogP contribution in [0.5, 0.6) is 11.5 Å². The van der Waals surface area contributed by atoms with Gasteiger partial charge >= 0.3 is 5.97 Å². The van der Waals surface area contributed by atoms with Gasteiger partial charge in [0.25, 0.3) is 0 Å². The molecule has 3 heterocycles. The highest BCUT2D eigenvalue weighted by Crippen LogP contribution is 2.35. The normalized spacial score (nSPS) is 10.9. The van der Waals surface area contributed by atoms with Gasteiger partial charge in [0.15, 0.2) is 5.65 Å². The van der Waals surface area contributed by atoms with Gasteiger partial charge in [0.05, 0.1) is 45.6 Å². The second-order valence-corrected chi connectivity index (χ2v) is 6.31. The first-order valence-electron chi connectivity index (χ1n) is 8.73. The van der Waals surface area contributed by atoms with Crippen LogP contribution in [-0.2, 0) is 11.8 Å². The fraction of sp³-hybridized carbons (Fsp3) is 0.200. The topological polar surface area (TPSA) is 92.8 Å². The van der Waals surface area contributed by atoms with E-state index in [0.717, 1.165) is 22.4 Å². The molecule has 0 aliphatic carbocycles. The molecule has 0 aliphatic heterocycles. The van der Waals surface area contributed by atoms with Crippen LogP contribution in [0.25, 0.3) is 28.0 Å². The van der Waals surface area contributed by atoms with Gasteiger partial charge in [-0.3, -0.25) is 4.68 Å². The summed E-state index contributed by atoms with van der Waals surface area (Å²) in [6.45, 7) is 0. The number of fused-ring (bicyclic) bond motifs is 1. The van der Waals surface area contributed by atoms with Crippen molar-refractivity contribution < 1.29 is 19.0 Å². The van der Waals surface area contributed by atoms with E-state index in [1.54, 1.807) is 39.9 Å². The molecule has 4 aromatic rings. The number of esters is 1. The molecule has 0 spiro atoms. The third kappa shape index (κ3) is 3.16. The van der Waals surface area contributed by atoms with Gasteiger partial charge in [0, 0.05) is 29.9 Å². The van der Waals surface area contributed by atoms with Crippen molar-refractivity contribution in [1.29, 1.82) is 0 Å². The number of carbonyl (C=O) groups excluding carboxylic acids is 1. The van der Waals surface area contributed by atoms with Gasteiger partial charge in [-0.05, 0) is 18.2 Å². The molecular formula is C20H19N5O4. The summed E-state index contributed by atoms with van der Waals surface area (Å²) < 4.78 is 19.1. The summed E-state index contributed by atoms with van der Waals surface area (Å²) >= 11 is 0. The number of carbonyl (C=O) groups is 1. The molecule has 3 aromatic heterocycles. The third-order valence-corrected chi connectivity index (χ3v) is 4.59.